The third-order valence-corrected chi connectivity index (χ3v) is 5.96. The van der Waals surface area contributed by atoms with Gasteiger partial charge >= 0.3 is 0 Å². The Hall–Kier alpha value is -2.83. The second-order valence-electron chi connectivity index (χ2n) is 8.00. The summed E-state index contributed by atoms with van der Waals surface area (Å²) in [4.78, 5) is 14.9. The topological polar surface area (TPSA) is 76.7 Å². The number of hydrogen-bond donors (Lipinski definition) is 2. The first-order valence-electron chi connectivity index (χ1n) is 9.72. The number of nitrogens with two attached hydrogens (primary N) is 1. The van der Waals surface area contributed by atoms with Crippen LogP contribution in [0.25, 0.3) is 32.0 Å². The highest BCUT2D eigenvalue weighted by Crippen LogP contribution is 2.37. The number of aromatic nitrogens is 3. The van der Waals surface area contributed by atoms with Crippen molar-refractivity contribution in [3.8, 4) is 21.8 Å². The number of pyridine rings is 1. The molecule has 4 aromatic rings. The average molecular weight is 404 g/mol. The zero-order valence-corrected chi connectivity index (χ0v) is 17.8. The lowest BCUT2D eigenvalue weighted by atomic mass is 9.86. The summed E-state index contributed by atoms with van der Waals surface area (Å²) in [6.45, 7) is 7.89. The number of nitrogens with one attached hydrogen (secondary N) is 1. The molecule has 0 aliphatic heterocycles. The fourth-order valence-corrected chi connectivity index (χ4v) is 4.22. The molecule has 0 fully saturated rings. The minimum Gasteiger partial charge on any atom is -0.367 e. The number of benzene rings is 1. The molecule has 4 rings (SSSR count). The van der Waals surface area contributed by atoms with Crippen LogP contribution in [-0.4, -0.2) is 28.0 Å². The van der Waals surface area contributed by atoms with Gasteiger partial charge < -0.3 is 11.1 Å². The number of fused-ring (bicyclic) bond motifs is 1. The van der Waals surface area contributed by atoms with Crippen LogP contribution in [0.4, 0.5) is 5.82 Å². The summed E-state index contributed by atoms with van der Waals surface area (Å²) in [5, 5.41) is 3.36. The van der Waals surface area contributed by atoms with Crippen molar-refractivity contribution in [3.05, 3.63) is 60.4 Å². The molecule has 0 unspecified atom stereocenters. The Morgan fingerprint density at radius 3 is 2.34 bits per heavy atom. The third kappa shape index (κ3) is 4.13. The molecule has 0 atom stereocenters. The van der Waals surface area contributed by atoms with E-state index in [1.165, 1.54) is 16.0 Å². The maximum absolute atomic E-state index is 5.70. The second kappa shape index (κ2) is 7.89. The van der Waals surface area contributed by atoms with Crippen molar-refractivity contribution in [1.29, 1.82) is 0 Å². The molecule has 0 saturated carbocycles. The Bertz CT molecular complexity index is 1110. The molecule has 5 nitrogen and oxygen atoms in total. The van der Waals surface area contributed by atoms with E-state index in [-0.39, 0.29) is 5.41 Å². The molecule has 148 valence electrons. The van der Waals surface area contributed by atoms with E-state index in [1.54, 1.807) is 23.7 Å². The number of nitrogens with zero attached hydrogens (tertiary/aromatic N) is 3. The lowest BCUT2D eigenvalue weighted by Crippen LogP contribution is -2.14. The summed E-state index contributed by atoms with van der Waals surface area (Å²) >= 11 is 1.70. The molecule has 1 aromatic carbocycles. The predicted molar refractivity (Wildman–Crippen MR) is 122 cm³/mol. The van der Waals surface area contributed by atoms with Crippen LogP contribution in [0.3, 0.4) is 0 Å². The van der Waals surface area contributed by atoms with E-state index in [0.717, 1.165) is 21.6 Å². The highest BCUT2D eigenvalue weighted by Gasteiger charge is 2.16. The van der Waals surface area contributed by atoms with Gasteiger partial charge in [-0.05, 0) is 34.7 Å². The molecule has 0 bridgehead atoms. The largest absolute Gasteiger partial charge is 0.367 e. The van der Waals surface area contributed by atoms with Crippen LogP contribution in [0.1, 0.15) is 26.3 Å². The fraction of sp³-hybridized carbons (Fsp3) is 0.261. The van der Waals surface area contributed by atoms with Crippen LogP contribution in [0.15, 0.2) is 54.9 Å². The van der Waals surface area contributed by atoms with E-state index >= 15 is 0 Å². The lowest BCUT2D eigenvalue weighted by Gasteiger charge is -2.18. The van der Waals surface area contributed by atoms with Crippen LogP contribution in [0.5, 0.6) is 0 Å². The van der Waals surface area contributed by atoms with Gasteiger partial charge in [-0.15, -0.1) is 11.3 Å². The van der Waals surface area contributed by atoms with E-state index < -0.39 is 0 Å². The van der Waals surface area contributed by atoms with E-state index in [4.69, 9.17) is 15.7 Å². The van der Waals surface area contributed by atoms with Gasteiger partial charge in [0, 0.05) is 35.9 Å². The monoisotopic (exact) mass is 403 g/mol. The highest BCUT2D eigenvalue weighted by atomic mass is 32.1. The molecule has 0 amide bonds. The molecule has 0 aliphatic carbocycles. The van der Waals surface area contributed by atoms with Crippen molar-refractivity contribution >= 4 is 27.4 Å². The number of thiophene rings is 1. The van der Waals surface area contributed by atoms with E-state index in [1.807, 2.05) is 12.1 Å². The normalized spacial score (nSPS) is 11.7. The number of anilines is 1. The first-order chi connectivity index (χ1) is 14.0. The Morgan fingerprint density at radius 2 is 1.69 bits per heavy atom. The molecule has 3 heterocycles. The van der Waals surface area contributed by atoms with Crippen LogP contribution >= 0.6 is 11.3 Å². The van der Waals surface area contributed by atoms with Gasteiger partial charge in [0.25, 0.3) is 0 Å². The van der Waals surface area contributed by atoms with Gasteiger partial charge in [0.15, 0.2) is 5.82 Å². The minimum atomic E-state index is 0.142. The molecule has 29 heavy (non-hydrogen) atoms. The van der Waals surface area contributed by atoms with E-state index in [0.29, 0.717) is 18.9 Å². The maximum atomic E-state index is 5.70. The Morgan fingerprint density at radius 1 is 0.966 bits per heavy atom. The summed E-state index contributed by atoms with van der Waals surface area (Å²) in [6.07, 6.45) is 3.51. The SMILES string of the molecule is CC(C)(C)c1ccc(-c2cc3nc(-c4ccncc4)nc(NCCN)c3s2)cc1. The first kappa shape index (κ1) is 19.5. The van der Waals surface area contributed by atoms with Crippen LogP contribution in [-0.2, 0) is 5.41 Å². The molecule has 0 saturated heterocycles. The van der Waals surface area contributed by atoms with Crippen molar-refractivity contribution in [3.63, 3.8) is 0 Å². The van der Waals surface area contributed by atoms with Gasteiger partial charge in [0.1, 0.15) is 5.82 Å². The summed E-state index contributed by atoms with van der Waals surface area (Å²) in [6, 6.07) is 14.8. The van der Waals surface area contributed by atoms with Gasteiger partial charge in [0.05, 0.1) is 10.2 Å². The maximum Gasteiger partial charge on any atom is 0.162 e. The highest BCUT2D eigenvalue weighted by molar-refractivity contribution is 7.22. The molecule has 3 N–H and O–H groups in total. The fourth-order valence-electron chi connectivity index (χ4n) is 3.15. The number of hydrogen-bond acceptors (Lipinski definition) is 6. The van der Waals surface area contributed by atoms with Gasteiger partial charge in [-0.3, -0.25) is 4.98 Å². The van der Waals surface area contributed by atoms with Gasteiger partial charge in [-0.25, -0.2) is 9.97 Å². The summed E-state index contributed by atoms with van der Waals surface area (Å²) in [7, 11) is 0. The standard InChI is InChI=1S/C23H25N5S/c1-23(2,3)17-6-4-15(5-7-17)19-14-18-20(29-19)22(26-13-10-24)28-21(27-18)16-8-11-25-12-9-16/h4-9,11-12,14H,10,13,24H2,1-3H3,(H,26,27,28). The summed E-state index contributed by atoms with van der Waals surface area (Å²) < 4.78 is 1.05. The quantitative estimate of drug-likeness (QED) is 0.485. The van der Waals surface area contributed by atoms with Crippen molar-refractivity contribution in [2.45, 2.75) is 26.2 Å². The Labute approximate surface area is 175 Å². The van der Waals surface area contributed by atoms with Crippen LogP contribution in [0, 0.1) is 0 Å². The molecular formula is C23H25N5S. The summed E-state index contributed by atoms with van der Waals surface area (Å²) in [5.74, 6) is 1.52. The average Bonchev–Trinajstić information content (AvgIpc) is 3.16. The molecule has 0 radical (unpaired) electrons. The third-order valence-electron chi connectivity index (χ3n) is 4.78. The zero-order chi connectivity index (χ0) is 20.4. The van der Waals surface area contributed by atoms with Crippen LogP contribution in [0.2, 0.25) is 0 Å². The van der Waals surface area contributed by atoms with Crippen molar-refractivity contribution in [2.24, 2.45) is 5.73 Å². The Balaban J connectivity index is 1.79. The minimum absolute atomic E-state index is 0.142. The predicted octanol–water partition coefficient (Wildman–Crippen LogP) is 5.09. The molecule has 3 aromatic heterocycles. The lowest BCUT2D eigenvalue weighted by molar-refractivity contribution is 0.590. The first-order valence-corrected chi connectivity index (χ1v) is 10.5. The summed E-state index contributed by atoms with van der Waals surface area (Å²) in [5.41, 5.74) is 10.2. The van der Waals surface area contributed by atoms with E-state index in [9.17, 15) is 0 Å². The smallest absolute Gasteiger partial charge is 0.162 e. The van der Waals surface area contributed by atoms with Gasteiger partial charge in [0.2, 0.25) is 0 Å². The second-order valence-corrected chi connectivity index (χ2v) is 9.05. The molecule has 0 aliphatic rings. The van der Waals surface area contributed by atoms with Gasteiger partial charge in [-0.2, -0.15) is 0 Å². The molecule has 6 heteroatoms. The van der Waals surface area contributed by atoms with Crippen molar-refractivity contribution in [1.82, 2.24) is 15.0 Å². The van der Waals surface area contributed by atoms with E-state index in [2.05, 4.69) is 61.4 Å². The number of rotatable bonds is 5. The van der Waals surface area contributed by atoms with Gasteiger partial charge in [-0.1, -0.05) is 45.0 Å². The zero-order valence-electron chi connectivity index (χ0n) is 16.9. The van der Waals surface area contributed by atoms with Crippen LogP contribution < -0.4 is 11.1 Å². The molecule has 0 spiro atoms. The van der Waals surface area contributed by atoms with Crippen molar-refractivity contribution in [2.75, 3.05) is 18.4 Å². The molecular weight excluding hydrogens is 378 g/mol. The van der Waals surface area contributed by atoms with Crippen molar-refractivity contribution < 1.29 is 0 Å². The Kier molecular flexibility index (Phi) is 5.30.